The molecule has 0 N–H and O–H groups in total. The first-order valence-corrected chi connectivity index (χ1v) is 11.9. The molecule has 0 unspecified atom stereocenters. The Labute approximate surface area is 192 Å². The molecule has 2 aliphatic heterocycles. The minimum atomic E-state index is 0.0988. The van der Waals surface area contributed by atoms with Crippen LogP contribution >= 0.6 is 0 Å². The van der Waals surface area contributed by atoms with Gasteiger partial charge in [-0.3, -0.25) is 4.79 Å². The van der Waals surface area contributed by atoms with Gasteiger partial charge >= 0.3 is 0 Å². The van der Waals surface area contributed by atoms with Gasteiger partial charge in [0.2, 0.25) is 0 Å². The fraction of sp³-hybridized carbons (Fsp3) is 0.444. The van der Waals surface area contributed by atoms with E-state index in [1.165, 1.54) is 38.0 Å². The minimum Gasteiger partial charge on any atom is -0.494 e. The molecule has 2 aliphatic rings. The average molecular weight is 434 g/mol. The highest BCUT2D eigenvalue weighted by atomic mass is 16.5. The van der Waals surface area contributed by atoms with Gasteiger partial charge in [-0.05, 0) is 74.3 Å². The fourth-order valence-corrected chi connectivity index (χ4v) is 4.56. The Kier molecular flexibility index (Phi) is 7.83. The van der Waals surface area contributed by atoms with Crippen LogP contribution < -0.4 is 9.64 Å². The Morgan fingerprint density at radius 1 is 0.938 bits per heavy atom. The van der Waals surface area contributed by atoms with Crippen molar-refractivity contribution < 1.29 is 9.53 Å². The number of carbonyl (C=O) groups is 1. The second-order valence-electron chi connectivity index (χ2n) is 8.71. The molecule has 0 aromatic heterocycles. The van der Waals surface area contributed by atoms with E-state index in [0.717, 1.165) is 62.6 Å². The molecule has 0 bridgehead atoms. The van der Waals surface area contributed by atoms with Crippen molar-refractivity contribution in [3.8, 4) is 5.75 Å². The summed E-state index contributed by atoms with van der Waals surface area (Å²) in [6.45, 7) is 11.3. The van der Waals surface area contributed by atoms with E-state index in [9.17, 15) is 4.79 Å². The molecule has 2 saturated heterocycles. The van der Waals surface area contributed by atoms with Gasteiger partial charge in [-0.1, -0.05) is 31.2 Å². The average Bonchev–Trinajstić information content (AvgIpc) is 2.87. The van der Waals surface area contributed by atoms with E-state index in [1.54, 1.807) is 6.08 Å². The summed E-state index contributed by atoms with van der Waals surface area (Å²) >= 11 is 0. The topological polar surface area (TPSA) is 36.0 Å². The summed E-state index contributed by atoms with van der Waals surface area (Å²) in [5.74, 6) is 1.03. The van der Waals surface area contributed by atoms with Crippen LogP contribution in [-0.2, 0) is 0 Å². The largest absolute Gasteiger partial charge is 0.494 e. The van der Waals surface area contributed by atoms with Crippen molar-refractivity contribution in [1.82, 2.24) is 9.80 Å². The van der Waals surface area contributed by atoms with E-state index in [1.807, 2.05) is 29.2 Å². The van der Waals surface area contributed by atoms with Crippen LogP contribution in [-0.4, -0.2) is 68.1 Å². The van der Waals surface area contributed by atoms with Gasteiger partial charge < -0.3 is 19.4 Å². The number of amides is 1. The Bertz CT molecular complexity index is 882. The third-order valence-electron chi connectivity index (χ3n) is 6.47. The van der Waals surface area contributed by atoms with Crippen LogP contribution in [0.1, 0.15) is 41.6 Å². The second kappa shape index (κ2) is 11.2. The Morgan fingerprint density at radius 2 is 1.69 bits per heavy atom. The predicted molar refractivity (Wildman–Crippen MR) is 131 cm³/mol. The number of likely N-dealkylation sites (tertiary alicyclic amines) is 1. The third-order valence-corrected chi connectivity index (χ3v) is 6.47. The van der Waals surface area contributed by atoms with E-state index >= 15 is 0 Å². The molecule has 5 nitrogen and oxygen atoms in total. The SMILES string of the molecule is C=Cc1cccc(C(=O)N2CCN(c3ccc(OCCCN4CCCCC4)cc3)CC2)c1. The molecule has 5 heteroatoms. The number of rotatable bonds is 8. The molecule has 2 fully saturated rings. The molecule has 32 heavy (non-hydrogen) atoms. The number of piperazine rings is 1. The monoisotopic (exact) mass is 433 g/mol. The van der Waals surface area contributed by atoms with Crippen LogP contribution in [0.5, 0.6) is 5.75 Å². The summed E-state index contributed by atoms with van der Waals surface area (Å²) in [5.41, 5.74) is 2.90. The van der Waals surface area contributed by atoms with Crippen LogP contribution in [0, 0.1) is 0 Å². The lowest BCUT2D eigenvalue weighted by atomic mass is 10.1. The highest BCUT2D eigenvalue weighted by Crippen LogP contribution is 2.22. The van der Waals surface area contributed by atoms with Gasteiger partial charge in [-0.25, -0.2) is 0 Å². The second-order valence-corrected chi connectivity index (χ2v) is 8.71. The van der Waals surface area contributed by atoms with Crippen molar-refractivity contribution in [1.29, 1.82) is 0 Å². The summed E-state index contributed by atoms with van der Waals surface area (Å²) in [7, 11) is 0. The number of hydrogen-bond donors (Lipinski definition) is 0. The number of carbonyl (C=O) groups excluding carboxylic acids is 1. The smallest absolute Gasteiger partial charge is 0.253 e. The fourth-order valence-electron chi connectivity index (χ4n) is 4.56. The zero-order valence-electron chi connectivity index (χ0n) is 19.0. The summed E-state index contributed by atoms with van der Waals surface area (Å²) in [5, 5.41) is 0. The van der Waals surface area contributed by atoms with Gasteiger partial charge in [-0.15, -0.1) is 0 Å². The predicted octanol–water partition coefficient (Wildman–Crippen LogP) is 4.55. The molecule has 2 heterocycles. The molecule has 1 amide bonds. The van der Waals surface area contributed by atoms with Gasteiger partial charge in [0.1, 0.15) is 5.75 Å². The van der Waals surface area contributed by atoms with Gasteiger partial charge in [0, 0.05) is 44.0 Å². The van der Waals surface area contributed by atoms with Crippen LogP contribution in [0.3, 0.4) is 0 Å². The van der Waals surface area contributed by atoms with E-state index in [-0.39, 0.29) is 5.91 Å². The number of ether oxygens (including phenoxy) is 1. The molecule has 0 atom stereocenters. The first-order chi connectivity index (χ1) is 15.7. The van der Waals surface area contributed by atoms with Crippen LogP contribution in [0.25, 0.3) is 6.08 Å². The lowest BCUT2D eigenvalue weighted by molar-refractivity contribution is 0.0747. The number of piperidine rings is 1. The number of nitrogens with zero attached hydrogens (tertiary/aromatic N) is 3. The van der Waals surface area contributed by atoms with Crippen LogP contribution in [0.4, 0.5) is 5.69 Å². The van der Waals surface area contributed by atoms with E-state index in [4.69, 9.17) is 4.74 Å². The molecule has 0 radical (unpaired) electrons. The molecule has 0 saturated carbocycles. The number of anilines is 1. The quantitative estimate of drug-likeness (QED) is 0.573. The Morgan fingerprint density at radius 3 is 2.41 bits per heavy atom. The van der Waals surface area contributed by atoms with Gasteiger partial charge in [0.05, 0.1) is 6.61 Å². The summed E-state index contributed by atoms with van der Waals surface area (Å²) in [4.78, 5) is 19.7. The zero-order valence-corrected chi connectivity index (χ0v) is 19.0. The zero-order chi connectivity index (χ0) is 22.2. The van der Waals surface area contributed by atoms with Crippen LogP contribution in [0.2, 0.25) is 0 Å². The van der Waals surface area contributed by atoms with Gasteiger partial charge in [0.25, 0.3) is 5.91 Å². The van der Waals surface area contributed by atoms with Crippen LogP contribution in [0.15, 0.2) is 55.1 Å². The highest BCUT2D eigenvalue weighted by molar-refractivity contribution is 5.95. The number of benzene rings is 2. The Balaban J connectivity index is 1.21. The summed E-state index contributed by atoms with van der Waals surface area (Å²) in [6.07, 6.45) is 6.92. The molecule has 170 valence electrons. The maximum Gasteiger partial charge on any atom is 0.253 e. The normalized spacial score (nSPS) is 17.2. The Hall–Kier alpha value is -2.79. The lowest BCUT2D eigenvalue weighted by Crippen LogP contribution is -2.48. The molecule has 2 aromatic rings. The van der Waals surface area contributed by atoms with Crippen molar-refractivity contribution in [2.45, 2.75) is 25.7 Å². The van der Waals surface area contributed by atoms with Crippen molar-refractivity contribution in [2.75, 3.05) is 57.3 Å². The van der Waals surface area contributed by atoms with Crippen molar-refractivity contribution >= 4 is 17.7 Å². The molecule has 2 aromatic carbocycles. The van der Waals surface area contributed by atoms with E-state index < -0.39 is 0 Å². The lowest BCUT2D eigenvalue weighted by Gasteiger charge is -2.36. The minimum absolute atomic E-state index is 0.0988. The van der Waals surface area contributed by atoms with Crippen molar-refractivity contribution in [2.24, 2.45) is 0 Å². The first kappa shape index (κ1) is 22.4. The highest BCUT2D eigenvalue weighted by Gasteiger charge is 2.22. The van der Waals surface area contributed by atoms with E-state index in [2.05, 4.69) is 40.6 Å². The van der Waals surface area contributed by atoms with Gasteiger partial charge in [-0.2, -0.15) is 0 Å². The summed E-state index contributed by atoms with van der Waals surface area (Å²) in [6, 6.07) is 16.1. The molecular formula is C27H35N3O2. The molecule has 0 spiro atoms. The molecule has 0 aliphatic carbocycles. The first-order valence-electron chi connectivity index (χ1n) is 11.9. The van der Waals surface area contributed by atoms with Crippen molar-refractivity contribution in [3.63, 3.8) is 0 Å². The van der Waals surface area contributed by atoms with Crippen molar-refractivity contribution in [3.05, 3.63) is 66.2 Å². The van der Waals surface area contributed by atoms with Gasteiger partial charge in [0.15, 0.2) is 0 Å². The third kappa shape index (κ3) is 5.92. The standard InChI is InChI=1S/C27H35N3O2/c1-2-23-8-6-9-24(22-23)27(31)30-19-17-29(18-20-30)25-10-12-26(13-11-25)32-21-7-16-28-14-4-3-5-15-28/h2,6,8-13,22H,1,3-5,7,14-21H2. The molecular weight excluding hydrogens is 398 g/mol. The van der Waals surface area contributed by atoms with E-state index in [0.29, 0.717) is 0 Å². The maximum atomic E-state index is 12.8. The maximum absolute atomic E-state index is 12.8. The summed E-state index contributed by atoms with van der Waals surface area (Å²) < 4.78 is 5.95. The molecule has 4 rings (SSSR count). The number of hydrogen-bond acceptors (Lipinski definition) is 4.